The number of hydrogen-bond acceptors (Lipinski definition) is 6. The first-order valence-electron chi connectivity index (χ1n) is 17.5. The van der Waals surface area contributed by atoms with Crippen LogP contribution >= 0.6 is 11.6 Å². The minimum absolute atomic E-state index is 0.0437. The highest BCUT2D eigenvalue weighted by atomic mass is 35.5. The lowest BCUT2D eigenvalue weighted by Crippen LogP contribution is -2.49. The van der Waals surface area contributed by atoms with E-state index >= 15 is 0 Å². The van der Waals surface area contributed by atoms with Gasteiger partial charge in [-0.3, -0.25) is 4.79 Å². The average Bonchev–Trinajstić information content (AvgIpc) is 3.88. The summed E-state index contributed by atoms with van der Waals surface area (Å²) in [7, 11) is -1.72. The number of methoxy groups -OCH3 is 1. The lowest BCUT2D eigenvalue weighted by molar-refractivity contribution is 0.0131. The van der Waals surface area contributed by atoms with Crippen molar-refractivity contribution in [2.45, 2.75) is 88.0 Å². The topological polar surface area (TPSA) is 109 Å². The maximum atomic E-state index is 14.5. The lowest BCUT2D eigenvalue weighted by atomic mass is 9.68. The first-order valence-corrected chi connectivity index (χ1v) is 19.4. The van der Waals surface area contributed by atoms with Crippen molar-refractivity contribution in [3.63, 3.8) is 0 Å². The van der Waals surface area contributed by atoms with Crippen LogP contribution in [-0.4, -0.2) is 60.3 Å². The number of nitrogens with one attached hydrogen (secondary N) is 2. The zero-order valence-electron chi connectivity index (χ0n) is 28.1. The molecule has 0 radical (unpaired) electrons. The summed E-state index contributed by atoms with van der Waals surface area (Å²) in [6.07, 6.45) is 11.8. The molecule has 1 unspecified atom stereocenters. The van der Waals surface area contributed by atoms with Crippen LogP contribution in [0.15, 0.2) is 52.9 Å². The number of carbonyl (C=O) groups is 2. The summed E-state index contributed by atoms with van der Waals surface area (Å²) in [6, 6.07) is 11.1. The number of hydrogen-bond donors (Lipinski definition) is 2. The molecule has 9 nitrogen and oxygen atoms in total. The molecule has 2 heterocycles. The molecule has 2 N–H and O–H groups in total. The van der Waals surface area contributed by atoms with Gasteiger partial charge in [0.2, 0.25) is 0 Å². The summed E-state index contributed by atoms with van der Waals surface area (Å²) < 4.78 is 34.2. The summed E-state index contributed by atoms with van der Waals surface area (Å²) in [6.45, 7) is 5.82. The Morgan fingerprint density at radius 2 is 1.98 bits per heavy atom. The van der Waals surface area contributed by atoms with Crippen molar-refractivity contribution in [1.82, 2.24) is 10.0 Å². The molecule has 2 aromatic rings. The van der Waals surface area contributed by atoms with Gasteiger partial charge in [-0.1, -0.05) is 36.7 Å². The average molecular weight is 695 g/mol. The molecule has 2 fully saturated rings. The highest BCUT2D eigenvalue weighted by Gasteiger charge is 2.44. The molecule has 7 rings (SSSR count). The van der Waals surface area contributed by atoms with Gasteiger partial charge in [-0.2, -0.15) is 0 Å². The number of benzene rings is 2. The van der Waals surface area contributed by atoms with Gasteiger partial charge in [0.25, 0.3) is 5.91 Å². The number of ether oxygens (including phenoxy) is 2. The standard InChI is InChI=1S/C37H47ClN4O5S/c1-23-6-4-8-33(46-3)30-14-9-27(30)20-42-21-37(17-5-7-25-18-28(38)11-15-31(25)37)22-47-34-16-10-26(19-32(34)42)35(43)40-48(45,24(23)2)41-36(44)39-29-12-13-29/h4,8,10-11,15-16,18-19,23-24,27,29-30,33H,5-7,9,12-14,17,20-22H2,1-3H3,(H2,39,40,41,43,44,45)/b8-4+/t23-,24+,27-,30+,33-,37-,48?/m0/s1. The summed E-state index contributed by atoms with van der Waals surface area (Å²) >= 11 is 6.45. The third-order valence-electron chi connectivity index (χ3n) is 11.4. The molecule has 2 aliphatic heterocycles. The van der Waals surface area contributed by atoms with Crippen molar-refractivity contribution < 1.29 is 23.3 Å². The number of carbonyl (C=O) groups excluding carboxylic acids is 2. The van der Waals surface area contributed by atoms with Gasteiger partial charge in [0.15, 0.2) is 0 Å². The van der Waals surface area contributed by atoms with E-state index in [9.17, 15) is 13.8 Å². The number of nitrogens with zero attached hydrogens (tertiary/aromatic N) is 2. The van der Waals surface area contributed by atoms with Gasteiger partial charge in [-0.25, -0.2) is 13.7 Å². The number of fused-ring (bicyclic) bond motifs is 4. The van der Waals surface area contributed by atoms with Crippen molar-refractivity contribution in [2.24, 2.45) is 22.1 Å². The van der Waals surface area contributed by atoms with Gasteiger partial charge in [0, 0.05) is 42.2 Å². The molecular weight excluding hydrogens is 648 g/mol. The van der Waals surface area contributed by atoms with Crippen LogP contribution in [0.3, 0.4) is 0 Å². The Hall–Kier alpha value is -3.08. The molecule has 48 heavy (non-hydrogen) atoms. The highest BCUT2D eigenvalue weighted by Crippen LogP contribution is 2.47. The summed E-state index contributed by atoms with van der Waals surface area (Å²) in [5.41, 5.74) is 3.47. The molecule has 2 saturated carbocycles. The summed E-state index contributed by atoms with van der Waals surface area (Å²) in [5.74, 6) is 0.722. The van der Waals surface area contributed by atoms with E-state index in [2.05, 4.69) is 43.6 Å². The van der Waals surface area contributed by atoms with Gasteiger partial charge in [-0.15, -0.1) is 4.36 Å². The van der Waals surface area contributed by atoms with Crippen LogP contribution in [0.4, 0.5) is 10.5 Å². The van der Waals surface area contributed by atoms with Gasteiger partial charge in [-0.05, 0) is 118 Å². The number of rotatable bonds is 3. The van der Waals surface area contributed by atoms with Crippen LogP contribution < -0.4 is 19.7 Å². The Bertz CT molecular complexity index is 1740. The third-order valence-corrected chi connectivity index (χ3v) is 14.0. The second-order valence-corrected chi connectivity index (χ2v) is 17.4. The molecule has 3 amide bonds. The molecule has 3 aliphatic carbocycles. The predicted molar refractivity (Wildman–Crippen MR) is 189 cm³/mol. The van der Waals surface area contributed by atoms with Crippen LogP contribution in [0.5, 0.6) is 5.75 Å². The molecule has 7 atom stereocenters. The molecule has 5 aliphatic rings. The van der Waals surface area contributed by atoms with E-state index in [4.69, 9.17) is 21.1 Å². The lowest BCUT2D eigenvalue weighted by Gasteiger charge is -2.46. The molecule has 1 spiro atoms. The van der Waals surface area contributed by atoms with Crippen LogP contribution in [0.1, 0.15) is 80.3 Å². The normalized spacial score (nSPS) is 34.0. The second-order valence-electron chi connectivity index (χ2n) is 14.6. The Morgan fingerprint density at radius 3 is 2.73 bits per heavy atom. The molecule has 0 aromatic heterocycles. The molecular formula is C37H47ClN4O5S. The molecule has 258 valence electrons. The van der Waals surface area contributed by atoms with Gasteiger partial charge < -0.3 is 19.7 Å². The zero-order chi connectivity index (χ0) is 33.6. The number of amides is 3. The minimum Gasteiger partial charge on any atom is -0.490 e. The monoisotopic (exact) mass is 694 g/mol. The van der Waals surface area contributed by atoms with E-state index in [1.807, 2.05) is 25.1 Å². The maximum Gasteiger partial charge on any atom is 0.327 e. The molecule has 11 heteroatoms. The quantitative estimate of drug-likeness (QED) is 0.341. The first kappa shape index (κ1) is 33.4. The SMILES string of the molecule is CO[C@H]1/C=C/C[C@H](C)[C@@H](C)S(=O)(NC(=O)NC2CC2)=NC(=O)c2ccc3c(c2)N(C[C@@H]2CC[C@H]21)C[C@@]1(CCCc2cc(Cl)ccc21)CO3. The highest BCUT2D eigenvalue weighted by molar-refractivity contribution is 7.93. The fourth-order valence-corrected chi connectivity index (χ4v) is 10.1. The van der Waals surface area contributed by atoms with Gasteiger partial charge >= 0.3 is 6.03 Å². The first-order chi connectivity index (χ1) is 23.1. The number of aryl methyl sites for hydroxylation is 1. The number of urea groups is 1. The predicted octanol–water partition coefficient (Wildman–Crippen LogP) is 6.82. The fourth-order valence-electron chi connectivity index (χ4n) is 8.06. The molecule has 0 saturated heterocycles. The van der Waals surface area contributed by atoms with Gasteiger partial charge in [0.05, 0.1) is 23.6 Å². The third kappa shape index (κ3) is 6.60. The van der Waals surface area contributed by atoms with E-state index in [0.717, 1.165) is 68.7 Å². The Morgan fingerprint density at radius 1 is 1.15 bits per heavy atom. The molecule has 2 aromatic carbocycles. The Kier molecular flexibility index (Phi) is 9.28. The fraction of sp³-hybridized carbons (Fsp3) is 0.568. The van der Waals surface area contributed by atoms with Crippen LogP contribution in [0, 0.1) is 17.8 Å². The van der Waals surface area contributed by atoms with Crippen LogP contribution in [0.25, 0.3) is 0 Å². The van der Waals surface area contributed by atoms with Crippen molar-refractivity contribution in [2.75, 3.05) is 31.7 Å². The van der Waals surface area contributed by atoms with E-state index < -0.39 is 27.1 Å². The van der Waals surface area contributed by atoms with Crippen molar-refractivity contribution in [3.8, 4) is 5.75 Å². The number of allylic oxidation sites excluding steroid dienone is 1. The minimum atomic E-state index is -3.50. The maximum absolute atomic E-state index is 14.5. The zero-order valence-corrected chi connectivity index (χ0v) is 29.7. The Balaban J connectivity index is 1.31. The number of anilines is 1. The second kappa shape index (κ2) is 13.3. The summed E-state index contributed by atoms with van der Waals surface area (Å²) in [5, 5.41) is 2.99. The van der Waals surface area contributed by atoms with E-state index in [1.165, 1.54) is 11.1 Å². The van der Waals surface area contributed by atoms with Crippen molar-refractivity contribution >= 4 is 39.1 Å². The Labute approximate surface area is 289 Å². The smallest absolute Gasteiger partial charge is 0.327 e. The van der Waals surface area contributed by atoms with Gasteiger partial charge in [0.1, 0.15) is 15.7 Å². The van der Waals surface area contributed by atoms with Crippen molar-refractivity contribution in [3.05, 3.63) is 70.3 Å². The van der Waals surface area contributed by atoms with Crippen molar-refractivity contribution in [1.29, 1.82) is 0 Å². The van der Waals surface area contributed by atoms with E-state index in [0.29, 0.717) is 36.2 Å². The van der Waals surface area contributed by atoms with Crippen LogP contribution in [-0.2, 0) is 26.5 Å². The van der Waals surface area contributed by atoms with Crippen LogP contribution in [0.2, 0.25) is 5.02 Å². The van der Waals surface area contributed by atoms with E-state index in [-0.39, 0.29) is 23.5 Å². The number of halogens is 1. The van der Waals surface area contributed by atoms with E-state index in [1.54, 1.807) is 20.1 Å². The molecule has 2 bridgehead atoms. The largest absolute Gasteiger partial charge is 0.490 e. The summed E-state index contributed by atoms with van der Waals surface area (Å²) in [4.78, 5) is 29.3.